The van der Waals surface area contributed by atoms with E-state index in [1.165, 1.54) is 25.7 Å². The van der Waals surface area contributed by atoms with Gasteiger partial charge in [0.2, 0.25) is 11.8 Å². The second kappa shape index (κ2) is 12.8. The van der Waals surface area contributed by atoms with E-state index in [1.807, 2.05) is 24.3 Å². The van der Waals surface area contributed by atoms with E-state index in [9.17, 15) is 14.4 Å². The zero-order chi connectivity index (χ0) is 32.1. The lowest BCUT2D eigenvalue weighted by Crippen LogP contribution is -2.65. The molecule has 0 spiro atoms. The lowest BCUT2D eigenvalue weighted by molar-refractivity contribution is -0.199. The Hall–Kier alpha value is -2.59. The predicted molar refractivity (Wildman–Crippen MR) is 174 cm³/mol. The molecule has 4 aliphatic heterocycles. The highest BCUT2D eigenvalue weighted by Gasteiger charge is 2.68. The number of carbonyl (C=O) groups is 3. The molecule has 3 aliphatic carbocycles. The van der Waals surface area contributed by atoms with E-state index in [1.54, 1.807) is 9.80 Å². The topological polar surface area (TPSA) is 97.4 Å². The van der Waals surface area contributed by atoms with Gasteiger partial charge in [0.1, 0.15) is 12.1 Å². The van der Waals surface area contributed by atoms with Crippen molar-refractivity contribution < 1.29 is 28.4 Å². The highest BCUT2D eigenvalue weighted by atomic mass is 16.7. The zero-order valence-electron chi connectivity index (χ0n) is 28.0. The van der Waals surface area contributed by atoms with E-state index in [4.69, 9.17) is 14.0 Å². The van der Waals surface area contributed by atoms with E-state index < -0.39 is 25.4 Å². The minimum Gasteiger partial charge on any atom is -0.444 e. The molecule has 1 N–H and O–H groups in total. The molecule has 3 saturated carbocycles. The number of hydrogen-bond donors (Lipinski definition) is 1. The summed E-state index contributed by atoms with van der Waals surface area (Å²) < 4.78 is 19.5. The molecule has 46 heavy (non-hydrogen) atoms. The van der Waals surface area contributed by atoms with Crippen LogP contribution in [0.15, 0.2) is 24.3 Å². The van der Waals surface area contributed by atoms with Crippen LogP contribution in [0.4, 0.5) is 4.79 Å². The largest absolute Gasteiger partial charge is 0.481 e. The second-order valence-corrected chi connectivity index (χ2v) is 15.7. The summed E-state index contributed by atoms with van der Waals surface area (Å²) >= 11 is 0. The van der Waals surface area contributed by atoms with Gasteiger partial charge in [-0.25, -0.2) is 4.79 Å². The van der Waals surface area contributed by atoms with Crippen molar-refractivity contribution in [3.05, 3.63) is 35.4 Å². The number of nitrogens with one attached hydrogen (secondary N) is 1. The summed E-state index contributed by atoms with van der Waals surface area (Å²) in [4.78, 5) is 44.3. The molecule has 1 aromatic rings. The third kappa shape index (κ3) is 5.97. The Morgan fingerprint density at radius 3 is 2.30 bits per heavy atom. The maximum atomic E-state index is 14.1. The quantitative estimate of drug-likeness (QED) is 0.415. The standard InChI is InChI=1S/C36H52BN3O6/c1-35(2)26-18-29(35)36(3)30(19-26)45-37(46-36)31-16-10-8-6-4-5-7-9-11-17-32(41)40-23-27(20-28(40)33(42)38-31)44-34(43)39-21-24-14-12-13-15-25(24)22-39/h12-15,26-31H,4-11,16-23H2,1-3H3,(H,38,42)/t26-,27+,28-,29-,30?,31-,36+/m0/s1. The molecule has 0 aromatic heterocycles. The monoisotopic (exact) mass is 633 g/mol. The SMILES string of the molecule is CC1(C)[C@@H]2CC3OB([C@@H]4CCCCCCCCCCC(=O)N5C[C@H](OC(=O)N6Cc7ccccc7C6)C[C@H]5C(=O)N4)O[C@]3(C)[C@H]1C2. The van der Waals surface area contributed by atoms with Crippen LogP contribution < -0.4 is 5.32 Å². The third-order valence-corrected chi connectivity index (χ3v) is 12.5. The first kappa shape index (κ1) is 32.0. The molecule has 7 aliphatic rings. The summed E-state index contributed by atoms with van der Waals surface area (Å²) in [6.45, 7) is 8.19. The van der Waals surface area contributed by atoms with Crippen molar-refractivity contribution in [2.75, 3.05) is 6.54 Å². The van der Waals surface area contributed by atoms with Crippen LogP contribution in [0, 0.1) is 17.3 Å². The Bertz CT molecular complexity index is 1300. The van der Waals surface area contributed by atoms with E-state index >= 15 is 0 Å². The fraction of sp³-hybridized carbons (Fsp3) is 0.750. The smallest absolute Gasteiger partial charge is 0.444 e. The third-order valence-electron chi connectivity index (χ3n) is 12.5. The molecule has 1 unspecified atom stereocenters. The first-order chi connectivity index (χ1) is 22.1. The van der Waals surface area contributed by atoms with Crippen LogP contribution >= 0.6 is 0 Å². The predicted octanol–water partition coefficient (Wildman–Crippen LogP) is 5.78. The number of rotatable bonds is 2. The molecule has 250 valence electrons. The summed E-state index contributed by atoms with van der Waals surface area (Å²) in [6, 6.07) is 7.34. The number of nitrogens with zero attached hydrogens (tertiary/aromatic N) is 2. The highest BCUT2D eigenvalue weighted by Crippen LogP contribution is 2.65. The van der Waals surface area contributed by atoms with Gasteiger partial charge in [0.15, 0.2) is 0 Å². The van der Waals surface area contributed by atoms with Gasteiger partial charge in [-0.15, -0.1) is 0 Å². The van der Waals surface area contributed by atoms with Crippen molar-refractivity contribution in [1.29, 1.82) is 0 Å². The molecule has 0 radical (unpaired) electrons. The summed E-state index contributed by atoms with van der Waals surface area (Å²) in [5, 5.41) is 3.32. The summed E-state index contributed by atoms with van der Waals surface area (Å²) in [5.41, 5.74) is 2.14. The molecular formula is C36H52BN3O6. The minimum atomic E-state index is -0.692. The van der Waals surface area contributed by atoms with E-state index in [0.29, 0.717) is 37.8 Å². The fourth-order valence-corrected chi connectivity index (χ4v) is 9.56. The summed E-state index contributed by atoms with van der Waals surface area (Å²) in [5.74, 6) is 0.554. The highest BCUT2D eigenvalue weighted by molar-refractivity contribution is 6.47. The van der Waals surface area contributed by atoms with Crippen molar-refractivity contribution in [2.24, 2.45) is 17.3 Å². The number of ether oxygens (including phenoxy) is 1. The van der Waals surface area contributed by atoms with Gasteiger partial charge in [-0.05, 0) is 61.0 Å². The molecule has 9 nitrogen and oxygen atoms in total. The van der Waals surface area contributed by atoms with Crippen LogP contribution in [-0.2, 0) is 36.7 Å². The number of amides is 3. The van der Waals surface area contributed by atoms with Gasteiger partial charge in [0.05, 0.1) is 24.2 Å². The molecular weight excluding hydrogens is 581 g/mol. The number of fused-ring (bicyclic) bond motifs is 2. The van der Waals surface area contributed by atoms with Gasteiger partial charge >= 0.3 is 13.2 Å². The average Bonchev–Trinajstić information content (AvgIpc) is 3.75. The molecule has 1 aromatic carbocycles. The maximum Gasteiger partial charge on any atom is 0.481 e. The maximum absolute atomic E-state index is 14.1. The van der Waals surface area contributed by atoms with Crippen molar-refractivity contribution in [3.63, 3.8) is 0 Å². The summed E-state index contributed by atoms with van der Waals surface area (Å²) in [6.07, 6.45) is 11.4. The van der Waals surface area contributed by atoms with Gasteiger partial charge in [-0.2, -0.15) is 0 Å². The van der Waals surface area contributed by atoms with Crippen molar-refractivity contribution in [1.82, 2.24) is 15.1 Å². The Balaban J connectivity index is 1.06. The Kier molecular flexibility index (Phi) is 8.89. The molecule has 3 saturated heterocycles. The lowest BCUT2D eigenvalue weighted by Gasteiger charge is -2.64. The Morgan fingerprint density at radius 1 is 0.935 bits per heavy atom. The molecule has 2 bridgehead atoms. The van der Waals surface area contributed by atoms with Gasteiger partial charge < -0.3 is 24.3 Å². The fourth-order valence-electron chi connectivity index (χ4n) is 9.56. The molecule has 7 atom stereocenters. The Morgan fingerprint density at radius 2 is 1.61 bits per heavy atom. The van der Waals surface area contributed by atoms with E-state index in [2.05, 4.69) is 26.1 Å². The van der Waals surface area contributed by atoms with Crippen LogP contribution in [0.3, 0.4) is 0 Å². The number of benzene rings is 1. The first-order valence-corrected chi connectivity index (χ1v) is 18.1. The van der Waals surface area contributed by atoms with Gasteiger partial charge in [-0.1, -0.05) is 83.1 Å². The molecule has 8 rings (SSSR count). The molecule has 6 fully saturated rings. The average molecular weight is 634 g/mol. The normalized spacial score (nSPS) is 36.4. The van der Waals surface area contributed by atoms with E-state index in [0.717, 1.165) is 56.1 Å². The summed E-state index contributed by atoms with van der Waals surface area (Å²) in [7, 11) is -0.510. The van der Waals surface area contributed by atoms with Crippen LogP contribution in [-0.4, -0.2) is 71.2 Å². The van der Waals surface area contributed by atoms with Crippen LogP contribution in [0.25, 0.3) is 0 Å². The number of carbonyl (C=O) groups excluding carboxylic acids is 3. The van der Waals surface area contributed by atoms with Crippen molar-refractivity contribution in [3.8, 4) is 0 Å². The first-order valence-electron chi connectivity index (χ1n) is 18.1. The van der Waals surface area contributed by atoms with Crippen LogP contribution in [0.2, 0.25) is 0 Å². The van der Waals surface area contributed by atoms with Gasteiger partial charge in [0, 0.05) is 25.9 Å². The van der Waals surface area contributed by atoms with Crippen molar-refractivity contribution in [2.45, 2.75) is 147 Å². The van der Waals surface area contributed by atoms with E-state index in [-0.39, 0.29) is 41.4 Å². The van der Waals surface area contributed by atoms with Gasteiger partial charge in [-0.3, -0.25) is 14.5 Å². The lowest BCUT2D eigenvalue weighted by atomic mass is 9.43. The van der Waals surface area contributed by atoms with Gasteiger partial charge in [0.25, 0.3) is 0 Å². The van der Waals surface area contributed by atoms with Crippen LogP contribution in [0.5, 0.6) is 0 Å². The van der Waals surface area contributed by atoms with Crippen LogP contribution in [0.1, 0.15) is 115 Å². The molecule has 3 amide bonds. The van der Waals surface area contributed by atoms with Crippen molar-refractivity contribution >= 4 is 25.0 Å². The Labute approximate surface area is 274 Å². The zero-order valence-corrected chi connectivity index (χ0v) is 28.0. The molecule has 10 heteroatoms. The minimum absolute atomic E-state index is 0.0372. The second-order valence-electron chi connectivity index (χ2n) is 15.7. The number of hydrogen-bond acceptors (Lipinski definition) is 6. The molecule has 4 heterocycles.